The molecule has 3 rings (SSSR count). The Morgan fingerprint density at radius 2 is 2.03 bits per heavy atom. The first kappa shape index (κ1) is 23.1. The van der Waals surface area contributed by atoms with E-state index in [9.17, 15) is 9.90 Å². The van der Waals surface area contributed by atoms with Crippen LogP contribution >= 0.6 is 11.8 Å². The van der Waals surface area contributed by atoms with Gasteiger partial charge in [0.15, 0.2) is 0 Å². The van der Waals surface area contributed by atoms with Gasteiger partial charge in [0.25, 0.3) is 0 Å². The summed E-state index contributed by atoms with van der Waals surface area (Å²) in [5.74, 6) is 0.244. The monoisotopic (exact) mass is 427 g/mol. The van der Waals surface area contributed by atoms with Crippen LogP contribution in [0.2, 0.25) is 0 Å². The predicted molar refractivity (Wildman–Crippen MR) is 115 cm³/mol. The van der Waals surface area contributed by atoms with Gasteiger partial charge in [-0.3, -0.25) is 4.79 Å². The van der Waals surface area contributed by atoms with Crippen LogP contribution in [0.5, 0.6) is 0 Å². The van der Waals surface area contributed by atoms with Gasteiger partial charge in [0.05, 0.1) is 36.9 Å². The minimum atomic E-state index is -0.906. The van der Waals surface area contributed by atoms with E-state index in [1.165, 1.54) is 5.57 Å². The molecule has 2 heterocycles. The Balaban J connectivity index is 1.85. The van der Waals surface area contributed by atoms with Crippen LogP contribution in [-0.4, -0.2) is 84.7 Å². The molecule has 29 heavy (non-hydrogen) atoms. The number of allylic oxidation sites excluding steroid dienone is 1. The van der Waals surface area contributed by atoms with Gasteiger partial charge in [0.2, 0.25) is 5.91 Å². The Morgan fingerprint density at radius 3 is 2.62 bits per heavy atom. The molecular weight excluding hydrogens is 390 g/mol. The Labute approximate surface area is 179 Å². The Hall–Kier alpha value is -0.600. The fraction of sp³-hybridized carbons (Fsp3) is 0.864. The van der Waals surface area contributed by atoms with E-state index in [-0.39, 0.29) is 30.0 Å². The van der Waals surface area contributed by atoms with Crippen LogP contribution in [0.15, 0.2) is 11.6 Å². The number of methoxy groups -OCH3 is 1. The number of thioether (sulfide) groups is 1. The molecule has 166 valence electrons. The highest BCUT2D eigenvalue weighted by Gasteiger charge is 2.67. The van der Waals surface area contributed by atoms with E-state index in [2.05, 4.69) is 26.8 Å². The summed E-state index contributed by atoms with van der Waals surface area (Å²) >= 11 is 1.64. The summed E-state index contributed by atoms with van der Waals surface area (Å²) in [7, 11) is 1.67. The lowest BCUT2D eigenvalue weighted by atomic mass is 9.63. The first-order valence-electron chi connectivity index (χ1n) is 10.7. The van der Waals surface area contributed by atoms with E-state index in [4.69, 9.17) is 14.2 Å². The van der Waals surface area contributed by atoms with Crippen molar-refractivity contribution in [3.63, 3.8) is 0 Å². The maximum atomic E-state index is 13.3. The summed E-state index contributed by atoms with van der Waals surface area (Å²) < 4.78 is 17.6. The van der Waals surface area contributed by atoms with Gasteiger partial charge >= 0.3 is 0 Å². The fourth-order valence-electron chi connectivity index (χ4n) is 5.29. The third kappa shape index (κ3) is 4.69. The molecule has 1 amide bonds. The lowest BCUT2D eigenvalue weighted by molar-refractivity contribution is -0.171. The highest BCUT2D eigenvalue weighted by molar-refractivity contribution is 7.98. The number of hydrogen-bond donors (Lipinski definition) is 1. The molecule has 0 aromatic heterocycles. The van der Waals surface area contributed by atoms with Crippen molar-refractivity contribution in [2.24, 2.45) is 11.8 Å². The predicted octanol–water partition coefficient (Wildman–Crippen LogP) is 2.49. The number of rotatable bonds is 7. The maximum absolute atomic E-state index is 13.3. The largest absolute Gasteiger partial charge is 0.389 e. The molecule has 3 aliphatic rings. The Bertz CT molecular complexity index is 618. The minimum absolute atomic E-state index is 0.0469. The second kappa shape index (κ2) is 9.27. The molecule has 6 atom stereocenters. The molecule has 6 nitrogen and oxygen atoms in total. The van der Waals surface area contributed by atoms with Gasteiger partial charge in [-0.05, 0) is 46.3 Å². The molecule has 0 spiro atoms. The molecule has 3 fully saturated rings. The first-order valence-corrected chi connectivity index (χ1v) is 12.1. The highest BCUT2D eigenvalue weighted by atomic mass is 32.2. The number of ether oxygens (including phenoxy) is 3. The van der Waals surface area contributed by atoms with E-state index in [1.807, 2.05) is 11.2 Å². The zero-order valence-electron chi connectivity index (χ0n) is 18.5. The SMILES string of the molecule is COC1C(C(=O)N2CCOCC2)CCC(O)(CSC)C1C1(C)OC1CC=C(C)C. The van der Waals surface area contributed by atoms with E-state index in [1.54, 1.807) is 18.9 Å². The number of hydrogen-bond acceptors (Lipinski definition) is 6. The van der Waals surface area contributed by atoms with Crippen molar-refractivity contribution in [3.05, 3.63) is 11.6 Å². The van der Waals surface area contributed by atoms with E-state index in [0.29, 0.717) is 44.9 Å². The van der Waals surface area contributed by atoms with Crippen molar-refractivity contribution in [1.29, 1.82) is 0 Å². The number of nitrogens with zero attached hydrogens (tertiary/aromatic N) is 1. The summed E-state index contributed by atoms with van der Waals surface area (Å²) in [6, 6.07) is 0. The molecule has 2 aliphatic heterocycles. The van der Waals surface area contributed by atoms with Crippen LogP contribution in [0.3, 0.4) is 0 Å². The zero-order valence-corrected chi connectivity index (χ0v) is 19.3. The highest BCUT2D eigenvalue weighted by Crippen LogP contribution is 2.56. The van der Waals surface area contributed by atoms with Gasteiger partial charge in [-0.15, -0.1) is 0 Å². The molecule has 1 saturated carbocycles. The van der Waals surface area contributed by atoms with Gasteiger partial charge in [0.1, 0.15) is 5.60 Å². The normalized spacial score (nSPS) is 39.9. The average molecular weight is 428 g/mol. The molecule has 0 aromatic carbocycles. The van der Waals surface area contributed by atoms with Crippen molar-refractivity contribution in [3.8, 4) is 0 Å². The Morgan fingerprint density at radius 1 is 1.34 bits per heavy atom. The van der Waals surface area contributed by atoms with Crippen molar-refractivity contribution in [2.75, 3.05) is 45.4 Å². The van der Waals surface area contributed by atoms with Gasteiger partial charge in [-0.2, -0.15) is 11.8 Å². The summed E-state index contributed by atoms with van der Waals surface area (Å²) in [6.07, 6.45) is 5.93. The molecular formula is C22H37NO5S. The molecule has 1 aliphatic carbocycles. The van der Waals surface area contributed by atoms with E-state index in [0.717, 1.165) is 6.42 Å². The van der Waals surface area contributed by atoms with Crippen LogP contribution in [0.1, 0.15) is 40.0 Å². The molecule has 0 aromatic rings. The molecule has 0 bridgehead atoms. The molecule has 1 N–H and O–H groups in total. The maximum Gasteiger partial charge on any atom is 0.228 e. The van der Waals surface area contributed by atoms with E-state index >= 15 is 0 Å². The number of morpholine rings is 1. The van der Waals surface area contributed by atoms with Crippen LogP contribution in [0.25, 0.3) is 0 Å². The Kier molecular flexibility index (Phi) is 7.37. The number of carbonyl (C=O) groups excluding carboxylic acids is 1. The lowest BCUT2D eigenvalue weighted by Gasteiger charge is -2.49. The topological polar surface area (TPSA) is 71.5 Å². The number of carbonyl (C=O) groups is 1. The van der Waals surface area contributed by atoms with Crippen LogP contribution in [-0.2, 0) is 19.0 Å². The van der Waals surface area contributed by atoms with Gasteiger partial charge < -0.3 is 24.2 Å². The number of epoxide rings is 1. The smallest absolute Gasteiger partial charge is 0.228 e. The summed E-state index contributed by atoms with van der Waals surface area (Å²) in [5, 5.41) is 11.7. The minimum Gasteiger partial charge on any atom is -0.389 e. The molecule has 0 radical (unpaired) electrons. The van der Waals surface area contributed by atoms with Crippen LogP contribution < -0.4 is 0 Å². The van der Waals surface area contributed by atoms with Gasteiger partial charge in [-0.1, -0.05) is 11.6 Å². The van der Waals surface area contributed by atoms with Crippen LogP contribution in [0, 0.1) is 11.8 Å². The third-order valence-corrected chi connectivity index (χ3v) is 7.62. The summed E-state index contributed by atoms with van der Waals surface area (Å²) in [6.45, 7) is 8.67. The van der Waals surface area contributed by atoms with Gasteiger partial charge in [-0.25, -0.2) is 0 Å². The van der Waals surface area contributed by atoms with Crippen LogP contribution in [0.4, 0.5) is 0 Å². The first-order chi connectivity index (χ1) is 13.8. The van der Waals surface area contributed by atoms with Crippen molar-refractivity contribution >= 4 is 17.7 Å². The molecule has 7 heteroatoms. The van der Waals surface area contributed by atoms with Crippen molar-refractivity contribution in [1.82, 2.24) is 4.90 Å². The van der Waals surface area contributed by atoms with Gasteiger partial charge in [0, 0.05) is 31.9 Å². The number of aliphatic hydroxyl groups is 1. The van der Waals surface area contributed by atoms with Crippen molar-refractivity contribution < 1.29 is 24.1 Å². The quantitative estimate of drug-likeness (QED) is 0.497. The molecule has 6 unspecified atom stereocenters. The zero-order chi connectivity index (χ0) is 21.2. The van der Waals surface area contributed by atoms with Crippen molar-refractivity contribution in [2.45, 2.75) is 63.4 Å². The second-order valence-electron chi connectivity index (χ2n) is 9.10. The summed E-state index contributed by atoms with van der Waals surface area (Å²) in [4.78, 5) is 15.2. The standard InChI is InChI=1S/C22H37NO5S/c1-15(2)6-7-17-21(3,28-17)19-18(26-4)16(8-9-22(19,25)14-29-5)20(24)23-10-12-27-13-11-23/h6,16-19,25H,7-14H2,1-5H3. The lowest BCUT2D eigenvalue weighted by Crippen LogP contribution is -2.62. The average Bonchev–Trinajstić information content (AvgIpc) is 3.36. The third-order valence-electron chi connectivity index (χ3n) is 6.83. The van der Waals surface area contributed by atoms with E-state index < -0.39 is 11.2 Å². The number of amides is 1. The molecule has 2 saturated heterocycles. The fourth-order valence-corrected chi connectivity index (χ4v) is 6.11. The second-order valence-corrected chi connectivity index (χ2v) is 9.97. The summed E-state index contributed by atoms with van der Waals surface area (Å²) in [5.41, 5.74) is -0.133.